The lowest BCUT2D eigenvalue weighted by molar-refractivity contribution is -0.141. The van der Waals surface area contributed by atoms with Crippen molar-refractivity contribution < 1.29 is 31.5 Å². The van der Waals surface area contributed by atoms with E-state index in [0.717, 1.165) is 61.2 Å². The van der Waals surface area contributed by atoms with Gasteiger partial charge in [-0.05, 0) is 43.2 Å². The molecule has 0 radical (unpaired) electrons. The van der Waals surface area contributed by atoms with Crippen LogP contribution in [0.25, 0.3) is 10.2 Å². The molecule has 0 bridgehead atoms. The van der Waals surface area contributed by atoms with E-state index in [1.165, 1.54) is 28.6 Å². The van der Waals surface area contributed by atoms with E-state index in [1.807, 2.05) is 0 Å². The second kappa shape index (κ2) is 10.6. The Bertz CT molecular complexity index is 1470. The van der Waals surface area contributed by atoms with Gasteiger partial charge >= 0.3 is 5.97 Å². The predicted molar refractivity (Wildman–Crippen MR) is 130 cm³/mol. The average molecular weight is 538 g/mol. The monoisotopic (exact) mass is 537 g/mol. The summed E-state index contributed by atoms with van der Waals surface area (Å²) in [5.41, 5.74) is 0.0218. The fraction of sp³-hybridized carbons (Fsp3) is 0.375. The van der Waals surface area contributed by atoms with E-state index in [-0.39, 0.29) is 31.5 Å². The van der Waals surface area contributed by atoms with Crippen LogP contribution in [0, 0.1) is 11.6 Å². The number of fused-ring (bicyclic) bond motifs is 1. The van der Waals surface area contributed by atoms with E-state index in [1.54, 1.807) is 7.05 Å². The van der Waals surface area contributed by atoms with Crippen molar-refractivity contribution in [2.45, 2.75) is 49.6 Å². The van der Waals surface area contributed by atoms with Crippen molar-refractivity contribution in [3.8, 4) is 0 Å². The number of carbonyl (C=O) groups is 2. The number of amides is 1. The number of esters is 1. The lowest BCUT2D eigenvalue weighted by Gasteiger charge is -2.30. The second-order valence-electron chi connectivity index (χ2n) is 8.54. The molecule has 0 spiro atoms. The highest BCUT2D eigenvalue weighted by molar-refractivity contribution is 7.89. The van der Waals surface area contributed by atoms with Gasteiger partial charge in [0, 0.05) is 24.7 Å². The molecule has 1 aromatic heterocycles. The van der Waals surface area contributed by atoms with Crippen LogP contribution < -0.4 is 4.80 Å². The summed E-state index contributed by atoms with van der Waals surface area (Å²) in [6, 6.07) is 7.11. The zero-order valence-electron chi connectivity index (χ0n) is 19.7. The van der Waals surface area contributed by atoms with Crippen molar-refractivity contribution in [1.82, 2.24) is 8.87 Å². The van der Waals surface area contributed by atoms with Crippen LogP contribution in [0.15, 0.2) is 46.3 Å². The highest BCUT2D eigenvalue weighted by Crippen LogP contribution is 2.27. The number of benzene rings is 2. The van der Waals surface area contributed by atoms with E-state index >= 15 is 0 Å². The minimum atomic E-state index is -3.73. The van der Waals surface area contributed by atoms with Crippen molar-refractivity contribution in [2.75, 3.05) is 14.2 Å². The number of sulfonamides is 1. The fourth-order valence-corrected chi connectivity index (χ4v) is 6.77. The molecule has 0 atom stereocenters. The van der Waals surface area contributed by atoms with Crippen LogP contribution in [0.3, 0.4) is 0 Å². The molecule has 1 aliphatic rings. The maximum Gasteiger partial charge on any atom is 0.325 e. The second-order valence-corrected chi connectivity index (χ2v) is 11.5. The molecule has 0 N–H and O–H groups in total. The molecule has 192 valence electrons. The van der Waals surface area contributed by atoms with E-state index in [2.05, 4.69) is 9.73 Å². The van der Waals surface area contributed by atoms with Gasteiger partial charge in [0.25, 0.3) is 5.91 Å². The van der Waals surface area contributed by atoms with Crippen LogP contribution in [-0.2, 0) is 26.1 Å². The lowest BCUT2D eigenvalue weighted by atomic mass is 9.96. The Hall–Kier alpha value is -2.96. The standard InChI is InChI=1S/C24H25F2N3O5S2/c1-28(17-6-4-3-5-7-17)36(32,33)18-10-8-15(9-11-18)23(31)27-24-29(14-21(30)34-2)22-19(26)12-16(25)13-20(22)35-24/h8-13,17H,3-7,14H2,1-2H3. The summed E-state index contributed by atoms with van der Waals surface area (Å²) in [6.07, 6.45) is 4.71. The smallest absolute Gasteiger partial charge is 0.325 e. The van der Waals surface area contributed by atoms with Crippen LogP contribution in [0.1, 0.15) is 42.5 Å². The first-order valence-electron chi connectivity index (χ1n) is 11.3. The Morgan fingerprint density at radius 3 is 2.44 bits per heavy atom. The molecule has 0 unspecified atom stereocenters. The predicted octanol–water partition coefficient (Wildman–Crippen LogP) is 3.85. The molecule has 0 saturated heterocycles. The summed E-state index contributed by atoms with van der Waals surface area (Å²) in [5, 5.41) is 0. The summed E-state index contributed by atoms with van der Waals surface area (Å²) >= 11 is 0.840. The maximum absolute atomic E-state index is 14.5. The largest absolute Gasteiger partial charge is 0.468 e. The molecule has 0 aliphatic heterocycles. The van der Waals surface area contributed by atoms with Crippen molar-refractivity contribution in [3.05, 3.63) is 58.4 Å². The summed E-state index contributed by atoms with van der Waals surface area (Å²) in [7, 11) is -0.992. The first-order valence-corrected chi connectivity index (χ1v) is 13.6. The van der Waals surface area contributed by atoms with E-state index in [4.69, 9.17) is 0 Å². The molecular weight excluding hydrogens is 512 g/mol. The Balaban J connectivity index is 1.66. The average Bonchev–Trinajstić information content (AvgIpc) is 3.20. The van der Waals surface area contributed by atoms with Gasteiger partial charge in [0.05, 0.1) is 22.2 Å². The highest BCUT2D eigenvalue weighted by Gasteiger charge is 2.29. The summed E-state index contributed by atoms with van der Waals surface area (Å²) in [4.78, 5) is 28.8. The minimum absolute atomic E-state index is 0.0290. The van der Waals surface area contributed by atoms with Gasteiger partial charge in [-0.3, -0.25) is 9.59 Å². The molecule has 1 heterocycles. The van der Waals surface area contributed by atoms with Gasteiger partial charge in [-0.1, -0.05) is 30.6 Å². The molecule has 1 aliphatic carbocycles. The number of halogens is 2. The molecule has 4 rings (SSSR count). The molecule has 36 heavy (non-hydrogen) atoms. The first kappa shape index (κ1) is 26.1. The van der Waals surface area contributed by atoms with Crippen molar-refractivity contribution in [2.24, 2.45) is 4.99 Å². The number of hydrogen-bond acceptors (Lipinski definition) is 6. The fourth-order valence-electron chi connectivity index (χ4n) is 4.28. The normalized spacial score (nSPS) is 15.5. The van der Waals surface area contributed by atoms with E-state index in [9.17, 15) is 26.8 Å². The van der Waals surface area contributed by atoms with Crippen LogP contribution in [0.5, 0.6) is 0 Å². The number of thiazole rings is 1. The molecule has 3 aromatic rings. The van der Waals surface area contributed by atoms with Gasteiger partial charge < -0.3 is 9.30 Å². The van der Waals surface area contributed by atoms with Gasteiger partial charge in [-0.2, -0.15) is 9.30 Å². The summed E-state index contributed by atoms with van der Waals surface area (Å²) in [5.74, 6) is -3.15. The molecule has 8 nitrogen and oxygen atoms in total. The number of hydrogen-bond donors (Lipinski definition) is 0. The quantitative estimate of drug-likeness (QED) is 0.445. The third-order valence-corrected chi connectivity index (χ3v) is 9.22. The van der Waals surface area contributed by atoms with E-state index in [0.29, 0.717) is 6.07 Å². The molecule has 1 fully saturated rings. The van der Waals surface area contributed by atoms with Crippen LogP contribution >= 0.6 is 11.3 Å². The first-order chi connectivity index (χ1) is 17.1. The number of carbonyl (C=O) groups excluding carboxylic acids is 2. The zero-order valence-corrected chi connectivity index (χ0v) is 21.4. The Labute approximate surface area is 210 Å². The number of rotatable bonds is 6. The van der Waals surface area contributed by atoms with Gasteiger partial charge in [0.1, 0.15) is 12.4 Å². The summed E-state index contributed by atoms with van der Waals surface area (Å²) in [6.45, 7) is -0.435. The van der Waals surface area contributed by atoms with Crippen molar-refractivity contribution in [1.29, 1.82) is 0 Å². The third kappa shape index (κ3) is 5.25. The molecule has 1 amide bonds. The molecule has 1 saturated carbocycles. The van der Waals surface area contributed by atoms with Crippen LogP contribution in [0.2, 0.25) is 0 Å². The van der Waals surface area contributed by atoms with Crippen molar-refractivity contribution >= 4 is 43.5 Å². The van der Waals surface area contributed by atoms with Crippen molar-refractivity contribution in [3.63, 3.8) is 0 Å². The number of ether oxygens (including phenoxy) is 1. The lowest BCUT2D eigenvalue weighted by Crippen LogP contribution is -2.38. The Morgan fingerprint density at radius 1 is 1.14 bits per heavy atom. The van der Waals surface area contributed by atoms with Gasteiger partial charge in [0.2, 0.25) is 10.0 Å². The van der Waals surface area contributed by atoms with Crippen LogP contribution in [-0.4, -0.2) is 49.4 Å². The van der Waals surface area contributed by atoms with Gasteiger partial charge in [-0.15, -0.1) is 0 Å². The number of nitrogens with zero attached hydrogens (tertiary/aromatic N) is 3. The number of methoxy groups -OCH3 is 1. The highest BCUT2D eigenvalue weighted by atomic mass is 32.2. The van der Waals surface area contributed by atoms with Gasteiger partial charge in [-0.25, -0.2) is 17.2 Å². The Morgan fingerprint density at radius 2 is 1.81 bits per heavy atom. The van der Waals surface area contributed by atoms with Crippen LogP contribution in [0.4, 0.5) is 8.78 Å². The minimum Gasteiger partial charge on any atom is -0.468 e. The van der Waals surface area contributed by atoms with Gasteiger partial charge in [0.15, 0.2) is 10.6 Å². The topological polar surface area (TPSA) is 98.0 Å². The summed E-state index contributed by atoms with van der Waals surface area (Å²) < 4.78 is 61.7. The molecule has 12 heteroatoms. The SMILES string of the molecule is COC(=O)Cn1c(=NC(=O)c2ccc(S(=O)(=O)N(C)C3CCCCC3)cc2)sc2cc(F)cc(F)c21. The zero-order chi connectivity index (χ0) is 26.0. The van der Waals surface area contributed by atoms with E-state index < -0.39 is 40.1 Å². The third-order valence-electron chi connectivity index (χ3n) is 6.27. The molecular formula is C24H25F2N3O5S2. The molecule has 2 aromatic carbocycles. The maximum atomic E-state index is 14.5. The number of aromatic nitrogens is 1. The Kier molecular flexibility index (Phi) is 7.67.